The van der Waals surface area contributed by atoms with E-state index in [0.717, 1.165) is 9.32 Å². The predicted molar refractivity (Wildman–Crippen MR) is 65.9 cm³/mol. The molecule has 82 valence electrons. The van der Waals surface area contributed by atoms with Crippen LogP contribution in [0.15, 0.2) is 24.3 Å². The van der Waals surface area contributed by atoms with Crippen LogP contribution in [-0.2, 0) is 9.53 Å². The lowest BCUT2D eigenvalue weighted by Crippen LogP contribution is -2.04. The highest BCUT2D eigenvalue weighted by molar-refractivity contribution is 14.1. The van der Waals surface area contributed by atoms with Gasteiger partial charge in [0.25, 0.3) is 0 Å². The van der Waals surface area contributed by atoms with Crippen LogP contribution in [0.5, 0.6) is 5.75 Å². The normalized spacial score (nSPS) is 9.73. The van der Waals surface area contributed by atoms with E-state index in [1.54, 1.807) is 0 Å². The Morgan fingerprint density at radius 2 is 2.27 bits per heavy atom. The van der Waals surface area contributed by atoms with Crippen molar-refractivity contribution in [2.75, 3.05) is 13.7 Å². The summed E-state index contributed by atoms with van der Waals surface area (Å²) in [5, 5.41) is 0. The molecule has 0 saturated heterocycles. The zero-order chi connectivity index (χ0) is 11.1. The molecule has 0 radical (unpaired) electrons. The molecule has 0 aliphatic rings. The van der Waals surface area contributed by atoms with E-state index in [1.165, 1.54) is 7.11 Å². The summed E-state index contributed by atoms with van der Waals surface area (Å²) < 4.78 is 11.1. The molecule has 0 fully saturated rings. The third kappa shape index (κ3) is 5.01. The first-order valence-electron chi connectivity index (χ1n) is 4.67. The molecular formula is C11H13IO3. The Bertz CT molecular complexity index is 325. The molecule has 0 atom stereocenters. The largest absolute Gasteiger partial charge is 0.494 e. The van der Waals surface area contributed by atoms with Crippen molar-refractivity contribution in [2.45, 2.75) is 12.8 Å². The summed E-state index contributed by atoms with van der Waals surface area (Å²) in [6.07, 6.45) is 1.08. The van der Waals surface area contributed by atoms with Gasteiger partial charge in [-0.3, -0.25) is 4.79 Å². The van der Waals surface area contributed by atoms with E-state index in [0.29, 0.717) is 19.4 Å². The van der Waals surface area contributed by atoms with E-state index < -0.39 is 0 Å². The summed E-state index contributed by atoms with van der Waals surface area (Å²) >= 11 is 2.23. The van der Waals surface area contributed by atoms with Gasteiger partial charge in [0.1, 0.15) is 5.75 Å². The van der Waals surface area contributed by atoms with Gasteiger partial charge in [-0.1, -0.05) is 6.07 Å². The monoisotopic (exact) mass is 320 g/mol. The lowest BCUT2D eigenvalue weighted by Gasteiger charge is -2.05. The van der Waals surface area contributed by atoms with Crippen LogP contribution in [0.1, 0.15) is 12.8 Å². The molecular weight excluding hydrogens is 307 g/mol. The second-order valence-corrected chi connectivity index (χ2v) is 4.23. The number of carbonyl (C=O) groups excluding carboxylic acids is 1. The fraction of sp³-hybridized carbons (Fsp3) is 0.364. The number of hydrogen-bond donors (Lipinski definition) is 0. The smallest absolute Gasteiger partial charge is 0.305 e. The van der Waals surface area contributed by atoms with Gasteiger partial charge in [0.2, 0.25) is 0 Å². The minimum atomic E-state index is -0.193. The first-order chi connectivity index (χ1) is 7.22. The molecule has 4 heteroatoms. The molecule has 0 amide bonds. The van der Waals surface area contributed by atoms with Crippen molar-refractivity contribution in [1.29, 1.82) is 0 Å². The minimum absolute atomic E-state index is 0.193. The fourth-order valence-electron chi connectivity index (χ4n) is 1.07. The summed E-state index contributed by atoms with van der Waals surface area (Å²) in [6.45, 7) is 0.537. The van der Waals surface area contributed by atoms with Gasteiger partial charge in [0.15, 0.2) is 0 Å². The Balaban J connectivity index is 2.23. The maximum Gasteiger partial charge on any atom is 0.305 e. The van der Waals surface area contributed by atoms with Crippen molar-refractivity contribution in [3.8, 4) is 5.75 Å². The van der Waals surface area contributed by atoms with E-state index in [1.807, 2.05) is 24.3 Å². The van der Waals surface area contributed by atoms with Gasteiger partial charge in [0.05, 0.1) is 13.7 Å². The Hall–Kier alpha value is -0.780. The molecule has 0 bridgehead atoms. The highest BCUT2D eigenvalue weighted by atomic mass is 127. The third-order valence-electron chi connectivity index (χ3n) is 1.82. The lowest BCUT2D eigenvalue weighted by molar-refractivity contribution is -0.140. The van der Waals surface area contributed by atoms with Gasteiger partial charge >= 0.3 is 5.97 Å². The number of carbonyl (C=O) groups is 1. The van der Waals surface area contributed by atoms with Gasteiger partial charge in [-0.05, 0) is 47.2 Å². The third-order valence-corrected chi connectivity index (χ3v) is 2.49. The minimum Gasteiger partial charge on any atom is -0.494 e. The molecule has 0 aromatic heterocycles. The van der Waals surface area contributed by atoms with Gasteiger partial charge in [-0.15, -0.1) is 0 Å². The van der Waals surface area contributed by atoms with Crippen molar-refractivity contribution < 1.29 is 14.3 Å². The van der Waals surface area contributed by atoms with Crippen molar-refractivity contribution >= 4 is 28.6 Å². The zero-order valence-corrected chi connectivity index (χ0v) is 10.7. The number of esters is 1. The molecule has 1 rings (SSSR count). The Labute approximate surface area is 103 Å². The second-order valence-electron chi connectivity index (χ2n) is 2.99. The van der Waals surface area contributed by atoms with E-state index in [2.05, 4.69) is 27.3 Å². The summed E-state index contributed by atoms with van der Waals surface area (Å²) in [7, 11) is 1.39. The van der Waals surface area contributed by atoms with Crippen LogP contribution in [0, 0.1) is 3.57 Å². The second kappa shape index (κ2) is 6.66. The maximum absolute atomic E-state index is 10.8. The van der Waals surface area contributed by atoms with E-state index in [4.69, 9.17) is 4.74 Å². The zero-order valence-electron chi connectivity index (χ0n) is 8.53. The molecule has 1 aromatic rings. The number of halogens is 1. The Morgan fingerprint density at radius 3 is 2.93 bits per heavy atom. The van der Waals surface area contributed by atoms with Gasteiger partial charge < -0.3 is 9.47 Å². The van der Waals surface area contributed by atoms with Gasteiger partial charge in [-0.2, -0.15) is 0 Å². The molecule has 3 nitrogen and oxygen atoms in total. The van der Waals surface area contributed by atoms with Crippen molar-refractivity contribution in [2.24, 2.45) is 0 Å². The molecule has 1 aromatic carbocycles. The highest BCUT2D eigenvalue weighted by Gasteiger charge is 2.00. The number of benzene rings is 1. The predicted octanol–water partition coefficient (Wildman–Crippen LogP) is 2.62. The van der Waals surface area contributed by atoms with Crippen LogP contribution in [0.3, 0.4) is 0 Å². The Morgan fingerprint density at radius 1 is 1.47 bits per heavy atom. The number of hydrogen-bond acceptors (Lipinski definition) is 3. The number of methoxy groups -OCH3 is 1. The van der Waals surface area contributed by atoms with Crippen LogP contribution in [0.2, 0.25) is 0 Å². The first kappa shape index (κ1) is 12.3. The van der Waals surface area contributed by atoms with Crippen molar-refractivity contribution in [3.05, 3.63) is 27.8 Å². The fourth-order valence-corrected chi connectivity index (χ4v) is 1.58. The maximum atomic E-state index is 10.8. The van der Waals surface area contributed by atoms with E-state index >= 15 is 0 Å². The molecule has 0 aliphatic heterocycles. The number of rotatable bonds is 5. The van der Waals surface area contributed by atoms with Crippen LogP contribution in [0.25, 0.3) is 0 Å². The average molecular weight is 320 g/mol. The quantitative estimate of drug-likeness (QED) is 0.475. The lowest BCUT2D eigenvalue weighted by atomic mass is 10.3. The van der Waals surface area contributed by atoms with Gasteiger partial charge in [-0.25, -0.2) is 0 Å². The molecule has 0 saturated carbocycles. The average Bonchev–Trinajstić information content (AvgIpc) is 2.24. The summed E-state index contributed by atoms with van der Waals surface area (Å²) in [6, 6.07) is 7.80. The van der Waals surface area contributed by atoms with Crippen molar-refractivity contribution in [1.82, 2.24) is 0 Å². The molecule has 0 aliphatic carbocycles. The van der Waals surface area contributed by atoms with E-state index in [-0.39, 0.29) is 5.97 Å². The summed E-state index contributed by atoms with van der Waals surface area (Å²) in [5.41, 5.74) is 0. The molecule has 15 heavy (non-hydrogen) atoms. The highest BCUT2D eigenvalue weighted by Crippen LogP contribution is 2.14. The topological polar surface area (TPSA) is 35.5 Å². The molecule has 0 heterocycles. The van der Waals surface area contributed by atoms with Crippen LogP contribution >= 0.6 is 22.6 Å². The van der Waals surface area contributed by atoms with Crippen LogP contribution < -0.4 is 4.74 Å². The summed E-state index contributed by atoms with van der Waals surface area (Å²) in [4.78, 5) is 10.8. The number of ether oxygens (including phenoxy) is 2. The molecule has 0 N–H and O–H groups in total. The first-order valence-corrected chi connectivity index (χ1v) is 5.75. The molecule has 0 spiro atoms. The van der Waals surface area contributed by atoms with Crippen molar-refractivity contribution in [3.63, 3.8) is 0 Å². The summed E-state index contributed by atoms with van der Waals surface area (Å²) in [5.74, 6) is 0.646. The molecule has 0 unspecified atom stereocenters. The Kier molecular flexibility index (Phi) is 5.45. The van der Waals surface area contributed by atoms with E-state index in [9.17, 15) is 4.79 Å². The standard InChI is InChI=1S/C11H13IO3/c1-14-11(13)6-3-7-15-10-5-2-4-9(12)8-10/h2,4-5,8H,3,6-7H2,1H3. The van der Waals surface area contributed by atoms with Crippen LogP contribution in [0.4, 0.5) is 0 Å². The van der Waals surface area contributed by atoms with Crippen LogP contribution in [-0.4, -0.2) is 19.7 Å². The van der Waals surface area contributed by atoms with Gasteiger partial charge in [0, 0.05) is 9.99 Å². The SMILES string of the molecule is COC(=O)CCCOc1cccc(I)c1.